The van der Waals surface area contributed by atoms with Crippen LogP contribution in [-0.4, -0.2) is 84.6 Å². The summed E-state index contributed by atoms with van der Waals surface area (Å²) < 4.78 is 8.37. The topological polar surface area (TPSA) is 187 Å². The average molecular weight is 963 g/mol. The van der Waals surface area contributed by atoms with Crippen LogP contribution in [0, 0.1) is 35.0 Å². The highest BCUT2D eigenvalue weighted by Crippen LogP contribution is 2.55. The molecule has 3 amide bonds. The van der Waals surface area contributed by atoms with E-state index < -0.39 is 28.9 Å². The number of ether oxygens (including phenoxy) is 1. The number of β-amino-alcohol motifs (C(OH)–C–C–N with tert-alkyl or cyclic N) is 1. The molecule has 0 radical (unpaired) electrons. The van der Waals surface area contributed by atoms with Crippen molar-refractivity contribution in [1.29, 1.82) is 5.26 Å². The predicted octanol–water partition coefficient (Wildman–Crippen LogP) is 8.79. The number of rotatable bonds is 18. The molecule has 360 valence electrons. The fraction of sp³-hybridized carbons (Fsp3) is 0.481. The van der Waals surface area contributed by atoms with E-state index in [-0.39, 0.29) is 54.8 Å². The summed E-state index contributed by atoms with van der Waals surface area (Å²) in [4.78, 5) is 57.8. The van der Waals surface area contributed by atoms with Gasteiger partial charge in [0.1, 0.15) is 35.5 Å². The number of aryl methyl sites for hydroxylation is 2. The number of benzene rings is 2. The number of imidazole rings is 1. The van der Waals surface area contributed by atoms with Crippen molar-refractivity contribution in [2.45, 2.75) is 124 Å². The molecular formula is C52H64ClN9O5S. The first-order valence-corrected chi connectivity index (χ1v) is 24.7. The monoisotopic (exact) mass is 961 g/mol. The molecule has 2 aliphatic rings. The predicted molar refractivity (Wildman–Crippen MR) is 265 cm³/mol. The van der Waals surface area contributed by atoms with Gasteiger partial charge in [-0.25, -0.2) is 15.0 Å². The van der Waals surface area contributed by atoms with Crippen LogP contribution in [0.4, 0.5) is 5.69 Å². The summed E-state index contributed by atoms with van der Waals surface area (Å²) in [6.07, 6.45) is 6.28. The van der Waals surface area contributed by atoms with Crippen LogP contribution in [-0.2, 0) is 23.1 Å². The van der Waals surface area contributed by atoms with E-state index in [1.807, 2.05) is 81.3 Å². The maximum absolute atomic E-state index is 14.4. The lowest BCUT2D eigenvalue weighted by atomic mass is 9.49. The van der Waals surface area contributed by atoms with E-state index >= 15 is 0 Å². The summed E-state index contributed by atoms with van der Waals surface area (Å²) in [7, 11) is 1.94. The van der Waals surface area contributed by atoms with Gasteiger partial charge in [-0.1, -0.05) is 83.8 Å². The van der Waals surface area contributed by atoms with Crippen LogP contribution in [0.15, 0.2) is 72.5 Å². The number of hydrogen-bond acceptors (Lipinski definition) is 11. The standard InChI is InChI=1S/C52H64ClN9O5S/c1-30(2)43(48(66)62-28-38(63)23-42(62)47(65)59-31(3)33-14-16-34(17-15-33)44-32(4)58-29-68-44)45-57-27-37(61(45)9)13-11-10-12-22-55-36-19-21-41(56-26-36)46(64)60-49-51(5,6)50(52(49,7)8)67-39-20-18-35(25-54)40(53)24-39/h14-21,24,26-27,29-31,38,42-43,49-50,55,63H,10-13,22-23,28H2,1-9H3,(H,59,65)(H,60,64)/t31-,38+,42-,43-,49?,50?/m0/s1. The third-order valence-corrected chi connectivity index (χ3v) is 15.1. The zero-order valence-electron chi connectivity index (χ0n) is 40.5. The number of amides is 3. The first kappa shape index (κ1) is 50.1. The van der Waals surface area contributed by atoms with E-state index in [4.69, 9.17) is 21.3 Å². The number of pyridine rings is 1. The molecule has 4 atom stereocenters. The van der Waals surface area contributed by atoms with E-state index in [9.17, 15) is 24.8 Å². The van der Waals surface area contributed by atoms with Gasteiger partial charge >= 0.3 is 0 Å². The Morgan fingerprint density at radius 2 is 1.72 bits per heavy atom. The number of halogens is 1. The van der Waals surface area contributed by atoms with Crippen LogP contribution in [0.25, 0.3) is 10.4 Å². The molecule has 1 saturated carbocycles. The number of aliphatic hydroxyl groups excluding tert-OH is 1. The summed E-state index contributed by atoms with van der Waals surface area (Å²) in [5.74, 6) is -0.200. The minimum Gasteiger partial charge on any atom is -0.489 e. The molecule has 7 rings (SSSR count). The first-order valence-electron chi connectivity index (χ1n) is 23.5. The molecule has 2 fully saturated rings. The highest BCUT2D eigenvalue weighted by Gasteiger charge is 2.64. The molecule has 4 heterocycles. The number of nitrogens with zero attached hydrogens (tertiary/aromatic N) is 6. The molecule has 1 aliphatic carbocycles. The number of carbonyl (C=O) groups is 3. The third-order valence-electron chi connectivity index (χ3n) is 13.8. The Hall–Kier alpha value is -5.82. The van der Waals surface area contributed by atoms with E-state index in [2.05, 4.69) is 59.7 Å². The van der Waals surface area contributed by atoms with Gasteiger partial charge in [0.05, 0.1) is 56.6 Å². The molecule has 16 heteroatoms. The van der Waals surface area contributed by atoms with Crippen LogP contribution in [0.1, 0.15) is 125 Å². The summed E-state index contributed by atoms with van der Waals surface area (Å²) in [5, 5.41) is 30.0. The van der Waals surface area contributed by atoms with E-state index in [1.54, 1.807) is 46.7 Å². The first-order chi connectivity index (χ1) is 32.3. The van der Waals surface area contributed by atoms with Crippen LogP contribution in [0.5, 0.6) is 5.75 Å². The van der Waals surface area contributed by atoms with Gasteiger partial charge in [0.15, 0.2) is 0 Å². The maximum Gasteiger partial charge on any atom is 0.270 e. The number of nitriles is 1. The number of hydrogen-bond donors (Lipinski definition) is 4. The Morgan fingerprint density at radius 3 is 2.35 bits per heavy atom. The number of likely N-dealkylation sites (tertiary alicyclic amines) is 1. The van der Waals surface area contributed by atoms with Gasteiger partial charge in [0.2, 0.25) is 11.8 Å². The maximum atomic E-state index is 14.4. The van der Waals surface area contributed by atoms with E-state index in [0.29, 0.717) is 27.9 Å². The second kappa shape index (κ2) is 20.8. The van der Waals surface area contributed by atoms with Gasteiger partial charge in [-0.3, -0.25) is 14.4 Å². The number of nitrogens with one attached hydrogen (secondary N) is 3. The van der Waals surface area contributed by atoms with E-state index in [0.717, 1.165) is 65.3 Å². The lowest BCUT2D eigenvalue weighted by Crippen LogP contribution is -2.74. The number of aromatic nitrogens is 4. The molecule has 5 aromatic rings. The van der Waals surface area contributed by atoms with Gasteiger partial charge in [0.25, 0.3) is 5.91 Å². The number of thiazole rings is 1. The molecule has 14 nitrogen and oxygen atoms in total. The number of carbonyl (C=O) groups excluding carboxylic acids is 3. The van der Waals surface area contributed by atoms with Crippen molar-refractivity contribution in [3.05, 3.63) is 112 Å². The molecule has 1 aliphatic heterocycles. The van der Waals surface area contributed by atoms with Crippen molar-refractivity contribution in [2.75, 3.05) is 18.4 Å². The molecule has 68 heavy (non-hydrogen) atoms. The summed E-state index contributed by atoms with van der Waals surface area (Å²) >= 11 is 7.84. The third kappa shape index (κ3) is 10.6. The average Bonchev–Trinajstić information content (AvgIpc) is 4.03. The molecular weight excluding hydrogens is 898 g/mol. The van der Waals surface area contributed by atoms with Crippen molar-refractivity contribution in [3.8, 4) is 22.3 Å². The second-order valence-electron chi connectivity index (χ2n) is 19.9. The molecule has 2 aromatic carbocycles. The Kier molecular flexibility index (Phi) is 15.3. The van der Waals surface area contributed by atoms with Crippen molar-refractivity contribution < 1.29 is 24.2 Å². The van der Waals surface area contributed by atoms with Gasteiger partial charge in [0, 0.05) is 61.4 Å². The fourth-order valence-electron chi connectivity index (χ4n) is 10.3. The van der Waals surface area contributed by atoms with Crippen LogP contribution in [0.3, 0.4) is 0 Å². The summed E-state index contributed by atoms with van der Waals surface area (Å²) in [6, 6.07) is 17.5. The minimum atomic E-state index is -0.800. The Balaban J connectivity index is 0.861. The molecule has 3 aromatic heterocycles. The lowest BCUT2D eigenvalue weighted by Gasteiger charge is -2.63. The molecule has 0 spiro atoms. The number of anilines is 1. The molecule has 0 unspecified atom stereocenters. The fourth-order valence-corrected chi connectivity index (χ4v) is 11.4. The van der Waals surface area contributed by atoms with Crippen LogP contribution < -0.4 is 20.7 Å². The molecule has 0 bridgehead atoms. The number of unbranched alkanes of at least 4 members (excludes halogenated alkanes) is 2. The second-order valence-corrected chi connectivity index (χ2v) is 21.1. The van der Waals surface area contributed by atoms with Gasteiger partial charge in [-0.05, 0) is 74.4 Å². The number of aliphatic hydroxyl groups is 1. The van der Waals surface area contributed by atoms with Crippen molar-refractivity contribution in [1.82, 2.24) is 35.1 Å². The quantitative estimate of drug-likeness (QED) is 0.0619. The smallest absolute Gasteiger partial charge is 0.270 e. The summed E-state index contributed by atoms with van der Waals surface area (Å²) in [6.45, 7) is 17.0. The summed E-state index contributed by atoms with van der Waals surface area (Å²) in [5.41, 5.74) is 6.62. The van der Waals surface area contributed by atoms with E-state index in [1.165, 1.54) is 0 Å². The zero-order chi connectivity index (χ0) is 49.1. The van der Waals surface area contributed by atoms with Crippen LogP contribution >= 0.6 is 22.9 Å². The SMILES string of the molecule is Cc1ncsc1-c1ccc([C@H](C)NC(=O)[C@@H]2C[C@@H](O)CN2C(=O)[C@H](c2ncc(CCCCCNc3ccc(C(=O)NC4C(C)(C)C(Oc5ccc(C#N)c(Cl)c5)C4(C)C)nc3)n2C)C(C)C)cc1. The molecule has 1 saturated heterocycles. The molecule has 4 N–H and O–H groups in total. The highest BCUT2D eigenvalue weighted by molar-refractivity contribution is 7.13. The van der Waals surface area contributed by atoms with Crippen molar-refractivity contribution in [3.63, 3.8) is 0 Å². The van der Waals surface area contributed by atoms with Gasteiger partial charge in [-0.2, -0.15) is 5.26 Å². The van der Waals surface area contributed by atoms with Gasteiger partial charge < -0.3 is 35.3 Å². The Morgan fingerprint density at radius 1 is 0.985 bits per heavy atom. The highest BCUT2D eigenvalue weighted by atomic mass is 35.5. The van der Waals surface area contributed by atoms with Crippen molar-refractivity contribution >= 4 is 46.3 Å². The Labute approximate surface area is 408 Å². The normalized spacial score (nSPS) is 20.2. The van der Waals surface area contributed by atoms with Crippen LogP contribution in [0.2, 0.25) is 5.02 Å². The van der Waals surface area contributed by atoms with Crippen molar-refractivity contribution in [2.24, 2.45) is 23.8 Å². The lowest BCUT2D eigenvalue weighted by molar-refractivity contribution is -0.164. The Bertz CT molecular complexity index is 2620. The zero-order valence-corrected chi connectivity index (χ0v) is 42.0. The van der Waals surface area contributed by atoms with Gasteiger partial charge in [-0.15, -0.1) is 11.3 Å². The largest absolute Gasteiger partial charge is 0.489 e. The minimum absolute atomic E-state index is 0.0901.